The van der Waals surface area contributed by atoms with Crippen LogP contribution in [0.4, 0.5) is 4.79 Å². The molecule has 0 aliphatic carbocycles. The van der Waals surface area contributed by atoms with Gasteiger partial charge >= 0.3 is 6.09 Å². The van der Waals surface area contributed by atoms with Crippen LogP contribution < -0.4 is 5.32 Å². The number of nitrogens with zero attached hydrogens (tertiary/aromatic N) is 1. The molecule has 19 heavy (non-hydrogen) atoms. The van der Waals surface area contributed by atoms with Gasteiger partial charge in [-0.2, -0.15) is 0 Å². The molecule has 0 aromatic rings. The highest BCUT2D eigenvalue weighted by Crippen LogP contribution is 2.24. The van der Waals surface area contributed by atoms with Gasteiger partial charge in [-0.1, -0.05) is 0 Å². The smallest absolute Gasteiger partial charge is 0.411 e. The predicted octanol–water partition coefficient (Wildman–Crippen LogP) is 2.21. The molecule has 1 saturated heterocycles. The highest BCUT2D eigenvalue weighted by Gasteiger charge is 2.38. The van der Waals surface area contributed by atoms with E-state index in [2.05, 4.69) is 5.32 Å². The fraction of sp³-hybridized carbons (Fsp3) is 0.846. The van der Waals surface area contributed by atoms with Gasteiger partial charge in [0.25, 0.3) is 0 Å². The van der Waals surface area contributed by atoms with Crippen LogP contribution in [-0.4, -0.2) is 45.7 Å². The van der Waals surface area contributed by atoms with Gasteiger partial charge in [0.2, 0.25) is 5.91 Å². The lowest BCUT2D eigenvalue weighted by Gasteiger charge is -2.29. The number of ether oxygens (including phenoxy) is 1. The molecule has 0 aromatic carbocycles. The molecule has 0 spiro atoms. The molecule has 1 fully saturated rings. The Kier molecular flexibility index (Phi) is 4.76. The normalized spacial score (nSPS) is 20.3. The first-order valence-corrected chi connectivity index (χ1v) is 7.54. The van der Waals surface area contributed by atoms with Gasteiger partial charge in [0.05, 0.1) is 5.88 Å². The van der Waals surface area contributed by atoms with Gasteiger partial charge in [-0.3, -0.25) is 9.69 Å². The van der Waals surface area contributed by atoms with Gasteiger partial charge in [0.15, 0.2) is 0 Å². The van der Waals surface area contributed by atoms with Crippen molar-refractivity contribution in [2.45, 2.75) is 58.7 Å². The Morgan fingerprint density at radius 1 is 1.21 bits per heavy atom. The summed E-state index contributed by atoms with van der Waals surface area (Å²) in [7, 11) is 0. The van der Waals surface area contributed by atoms with Crippen molar-refractivity contribution in [1.29, 1.82) is 0 Å². The number of rotatable bonds is 1. The van der Waals surface area contributed by atoms with E-state index in [9.17, 15) is 9.59 Å². The van der Waals surface area contributed by atoms with Gasteiger partial charge in [-0.25, -0.2) is 4.79 Å². The number of hydrogen-bond donors (Lipinski definition) is 1. The first-order valence-electron chi connectivity index (χ1n) is 6.39. The van der Waals surface area contributed by atoms with Crippen LogP contribution in [0.1, 0.15) is 41.5 Å². The second-order valence-electron chi connectivity index (χ2n) is 6.71. The van der Waals surface area contributed by atoms with Crippen LogP contribution in [0.2, 0.25) is 0 Å². The standard InChI is InChI=1S/C13H24N2O3S/c1-12(2,3)14-10(16)9-7-19-8-15(9)11(17)18-13(4,5)6/h9H,7-8H2,1-6H3,(H,14,16)/t9-/m1/s1. The zero-order valence-corrected chi connectivity index (χ0v) is 13.4. The van der Waals surface area contributed by atoms with Crippen LogP contribution in [0.25, 0.3) is 0 Å². The summed E-state index contributed by atoms with van der Waals surface area (Å²) in [5.74, 6) is 0.988. The van der Waals surface area contributed by atoms with E-state index >= 15 is 0 Å². The van der Waals surface area contributed by atoms with Crippen LogP contribution in [0, 0.1) is 0 Å². The molecule has 0 saturated carbocycles. The Morgan fingerprint density at radius 3 is 2.26 bits per heavy atom. The topological polar surface area (TPSA) is 58.6 Å². The number of thioether (sulfide) groups is 1. The van der Waals surface area contributed by atoms with Gasteiger partial charge in [-0.15, -0.1) is 11.8 Å². The number of amides is 2. The summed E-state index contributed by atoms with van der Waals surface area (Å²) in [6.45, 7) is 11.2. The molecule has 5 nitrogen and oxygen atoms in total. The molecule has 6 heteroatoms. The largest absolute Gasteiger partial charge is 0.444 e. The quantitative estimate of drug-likeness (QED) is 0.803. The van der Waals surface area contributed by atoms with E-state index in [1.807, 2.05) is 41.5 Å². The molecule has 0 radical (unpaired) electrons. The molecule has 2 amide bonds. The average molecular weight is 288 g/mol. The Balaban J connectivity index is 2.69. The van der Waals surface area contributed by atoms with Crippen molar-refractivity contribution in [3.8, 4) is 0 Å². The maximum absolute atomic E-state index is 12.2. The lowest BCUT2D eigenvalue weighted by Crippen LogP contribution is -2.53. The fourth-order valence-corrected chi connectivity index (χ4v) is 2.76. The number of hydrogen-bond acceptors (Lipinski definition) is 4. The monoisotopic (exact) mass is 288 g/mol. The molecule has 1 aliphatic heterocycles. The van der Waals surface area contributed by atoms with Crippen LogP contribution in [0.3, 0.4) is 0 Å². The first-order chi connectivity index (χ1) is 8.49. The third kappa shape index (κ3) is 5.30. The van der Waals surface area contributed by atoms with Gasteiger partial charge in [0, 0.05) is 11.3 Å². The molecule has 0 aromatic heterocycles. The Hall–Kier alpha value is -0.910. The van der Waals surface area contributed by atoms with Crippen LogP contribution >= 0.6 is 11.8 Å². The minimum absolute atomic E-state index is 0.122. The van der Waals surface area contributed by atoms with E-state index in [4.69, 9.17) is 4.74 Å². The SMILES string of the molecule is CC(C)(C)NC(=O)[C@H]1CSCN1C(=O)OC(C)(C)C. The average Bonchev–Trinajstić information content (AvgIpc) is 2.59. The second kappa shape index (κ2) is 5.61. The van der Waals surface area contributed by atoms with Crippen molar-refractivity contribution in [1.82, 2.24) is 10.2 Å². The molecule has 1 aliphatic rings. The third-order valence-corrected chi connectivity index (χ3v) is 3.32. The van der Waals surface area contributed by atoms with E-state index < -0.39 is 17.7 Å². The summed E-state index contributed by atoms with van der Waals surface area (Å²) >= 11 is 1.56. The summed E-state index contributed by atoms with van der Waals surface area (Å²) in [6, 6.07) is -0.445. The Bertz CT molecular complexity index is 324. The minimum Gasteiger partial charge on any atom is -0.444 e. The van der Waals surface area contributed by atoms with Gasteiger partial charge in [-0.05, 0) is 41.5 Å². The van der Waals surface area contributed by atoms with Gasteiger partial charge < -0.3 is 10.1 Å². The molecule has 0 unspecified atom stereocenters. The number of carbonyl (C=O) groups is 2. The van der Waals surface area contributed by atoms with Crippen LogP contribution in [0.15, 0.2) is 0 Å². The summed E-state index contributed by atoms with van der Waals surface area (Å²) < 4.78 is 5.33. The van der Waals surface area contributed by atoms with Crippen LogP contribution in [-0.2, 0) is 9.53 Å². The summed E-state index contributed by atoms with van der Waals surface area (Å²) in [5, 5.41) is 2.91. The summed E-state index contributed by atoms with van der Waals surface area (Å²) in [6.07, 6.45) is -0.424. The highest BCUT2D eigenvalue weighted by molar-refractivity contribution is 7.99. The van der Waals surface area contributed by atoms with E-state index in [0.717, 1.165) is 0 Å². The minimum atomic E-state index is -0.546. The molecule has 1 atom stereocenters. The Morgan fingerprint density at radius 2 is 1.79 bits per heavy atom. The maximum atomic E-state index is 12.2. The van der Waals surface area contributed by atoms with Crippen molar-refractivity contribution in [3.63, 3.8) is 0 Å². The van der Waals surface area contributed by atoms with Crippen molar-refractivity contribution >= 4 is 23.8 Å². The molecular formula is C13H24N2O3S. The van der Waals surface area contributed by atoms with E-state index in [1.165, 1.54) is 4.90 Å². The van der Waals surface area contributed by atoms with Crippen LogP contribution in [0.5, 0.6) is 0 Å². The zero-order valence-electron chi connectivity index (χ0n) is 12.6. The molecule has 1 rings (SSSR count). The summed E-state index contributed by atoms with van der Waals surface area (Å²) in [4.78, 5) is 25.7. The first kappa shape index (κ1) is 16.1. The van der Waals surface area contributed by atoms with E-state index in [1.54, 1.807) is 11.8 Å². The van der Waals surface area contributed by atoms with Crippen molar-refractivity contribution in [2.24, 2.45) is 0 Å². The number of nitrogens with one attached hydrogen (secondary N) is 1. The maximum Gasteiger partial charge on any atom is 0.411 e. The van der Waals surface area contributed by atoms with Crippen molar-refractivity contribution in [3.05, 3.63) is 0 Å². The molecular weight excluding hydrogens is 264 g/mol. The number of carbonyl (C=O) groups excluding carboxylic acids is 2. The van der Waals surface area contributed by atoms with Crippen molar-refractivity contribution < 1.29 is 14.3 Å². The third-order valence-electron chi connectivity index (χ3n) is 2.31. The Labute approximate surface area is 119 Å². The van der Waals surface area contributed by atoms with Gasteiger partial charge in [0.1, 0.15) is 11.6 Å². The van der Waals surface area contributed by atoms with Crippen molar-refractivity contribution in [2.75, 3.05) is 11.6 Å². The molecule has 110 valence electrons. The van der Waals surface area contributed by atoms with E-state index in [0.29, 0.717) is 11.6 Å². The lowest BCUT2D eigenvalue weighted by atomic mass is 10.1. The molecule has 0 bridgehead atoms. The fourth-order valence-electron chi connectivity index (χ4n) is 1.61. The zero-order chi connectivity index (χ0) is 14.8. The second-order valence-corrected chi connectivity index (χ2v) is 7.70. The highest BCUT2D eigenvalue weighted by atomic mass is 32.2. The summed E-state index contributed by atoms with van der Waals surface area (Å²) in [5.41, 5.74) is -0.848. The lowest BCUT2D eigenvalue weighted by molar-refractivity contribution is -0.126. The van der Waals surface area contributed by atoms with E-state index in [-0.39, 0.29) is 11.4 Å². The predicted molar refractivity (Wildman–Crippen MR) is 77.1 cm³/mol. The molecule has 1 heterocycles. The molecule has 1 N–H and O–H groups in total.